The predicted molar refractivity (Wildman–Crippen MR) is 31.8 cm³/mol. The summed E-state index contributed by atoms with van der Waals surface area (Å²) in [5, 5.41) is 0. The molecule has 0 aliphatic rings. The topological polar surface area (TPSA) is 53.8 Å². The number of aromatic nitrogens is 1. The normalized spacial score (nSPS) is 9.62. The average molecular weight is 111 g/mol. The summed E-state index contributed by atoms with van der Waals surface area (Å²) in [6.07, 6.45) is 1.87. The Kier molecular flexibility index (Phi) is 1.66. The van der Waals surface area contributed by atoms with Gasteiger partial charge in [0.2, 0.25) is 0 Å². The largest absolute Gasteiger partial charge is 0.364 e. The van der Waals surface area contributed by atoms with Crippen LogP contribution in [-0.2, 0) is 6.54 Å². The monoisotopic (exact) mass is 111 g/mol. The molecule has 1 rings (SSSR count). The van der Waals surface area contributed by atoms with Crippen molar-refractivity contribution in [3.05, 3.63) is 24.0 Å². The minimum Gasteiger partial charge on any atom is -0.364 e. The molecule has 0 amide bonds. The van der Waals surface area contributed by atoms with Gasteiger partial charge in [-0.1, -0.05) is 0 Å². The zero-order valence-corrected chi connectivity index (χ0v) is 4.52. The zero-order chi connectivity index (χ0) is 5.82. The summed E-state index contributed by atoms with van der Waals surface area (Å²) < 4.78 is 0. The molecule has 0 aliphatic heterocycles. The first-order valence-corrected chi connectivity index (χ1v) is 2.49. The molecule has 4 N–H and O–H groups in total. The predicted octanol–water partition coefficient (Wildman–Crippen LogP) is -0.0220. The third-order valence-electron chi connectivity index (χ3n) is 0.955. The molecule has 1 heterocycles. The van der Waals surface area contributed by atoms with Gasteiger partial charge in [0.15, 0.2) is 0 Å². The molecule has 0 atom stereocenters. The molecule has 0 fully saturated rings. The van der Waals surface area contributed by atoms with Gasteiger partial charge in [0.25, 0.3) is 0 Å². The standard InChI is InChI=1S/C5H9N3/c6-8-4-5-2-1-3-7-5/h1-3,7-8H,4,6H2. The fraction of sp³-hybridized carbons (Fsp3) is 0.200. The summed E-state index contributed by atoms with van der Waals surface area (Å²) >= 11 is 0. The van der Waals surface area contributed by atoms with Crippen molar-refractivity contribution in [1.82, 2.24) is 10.4 Å². The van der Waals surface area contributed by atoms with Gasteiger partial charge in [-0.05, 0) is 12.1 Å². The van der Waals surface area contributed by atoms with E-state index < -0.39 is 0 Å². The van der Waals surface area contributed by atoms with Crippen LogP contribution < -0.4 is 11.3 Å². The molecule has 0 spiro atoms. The molecule has 1 aromatic heterocycles. The molecule has 0 bridgehead atoms. The summed E-state index contributed by atoms with van der Waals surface area (Å²) in [6, 6.07) is 3.91. The van der Waals surface area contributed by atoms with Crippen molar-refractivity contribution in [1.29, 1.82) is 0 Å². The molecule has 0 saturated heterocycles. The van der Waals surface area contributed by atoms with E-state index in [0.29, 0.717) is 6.54 Å². The van der Waals surface area contributed by atoms with Crippen LogP contribution in [0.2, 0.25) is 0 Å². The van der Waals surface area contributed by atoms with Crippen molar-refractivity contribution in [2.75, 3.05) is 0 Å². The minimum atomic E-state index is 0.701. The van der Waals surface area contributed by atoms with E-state index in [1.807, 2.05) is 18.3 Å². The second-order valence-corrected chi connectivity index (χ2v) is 1.58. The third kappa shape index (κ3) is 1.08. The summed E-state index contributed by atoms with van der Waals surface area (Å²) in [5.74, 6) is 5.05. The molecule has 0 unspecified atom stereocenters. The van der Waals surface area contributed by atoms with E-state index in [1.54, 1.807) is 0 Å². The number of nitrogens with one attached hydrogen (secondary N) is 2. The number of rotatable bonds is 2. The Bertz CT molecular complexity index is 133. The fourth-order valence-electron chi connectivity index (χ4n) is 0.587. The first-order valence-electron chi connectivity index (χ1n) is 2.49. The Morgan fingerprint density at radius 2 is 2.62 bits per heavy atom. The number of aromatic amines is 1. The van der Waals surface area contributed by atoms with Crippen LogP contribution in [-0.4, -0.2) is 4.98 Å². The molecule has 3 heteroatoms. The second-order valence-electron chi connectivity index (χ2n) is 1.58. The van der Waals surface area contributed by atoms with Gasteiger partial charge in [0.05, 0.1) is 0 Å². The molecule has 0 aromatic carbocycles. The smallest absolute Gasteiger partial charge is 0.0499 e. The number of hydrogen-bond donors (Lipinski definition) is 3. The van der Waals surface area contributed by atoms with E-state index in [0.717, 1.165) is 5.69 Å². The highest BCUT2D eigenvalue weighted by Gasteiger charge is 1.84. The van der Waals surface area contributed by atoms with Gasteiger partial charge in [0, 0.05) is 18.4 Å². The summed E-state index contributed by atoms with van der Waals surface area (Å²) in [6.45, 7) is 0.701. The van der Waals surface area contributed by atoms with Gasteiger partial charge in [-0.2, -0.15) is 0 Å². The van der Waals surface area contributed by atoms with Crippen molar-refractivity contribution in [3.63, 3.8) is 0 Å². The molecule has 1 aromatic rings. The van der Waals surface area contributed by atoms with Crippen LogP contribution >= 0.6 is 0 Å². The van der Waals surface area contributed by atoms with Crippen molar-refractivity contribution in [2.45, 2.75) is 6.54 Å². The maximum atomic E-state index is 5.05. The first kappa shape index (κ1) is 5.34. The lowest BCUT2D eigenvalue weighted by molar-refractivity contribution is 0.727. The van der Waals surface area contributed by atoms with Crippen LogP contribution in [0.25, 0.3) is 0 Å². The lowest BCUT2D eigenvalue weighted by Gasteiger charge is -1.90. The number of nitrogens with two attached hydrogens (primary N) is 1. The molecular weight excluding hydrogens is 102 g/mol. The molecule has 8 heavy (non-hydrogen) atoms. The van der Waals surface area contributed by atoms with E-state index in [9.17, 15) is 0 Å². The Morgan fingerprint density at radius 1 is 1.75 bits per heavy atom. The molecule has 44 valence electrons. The molecular formula is C5H9N3. The number of H-pyrrole nitrogens is 1. The highest BCUT2D eigenvalue weighted by atomic mass is 15.2. The SMILES string of the molecule is NNCc1ccc[nH]1. The molecule has 3 nitrogen and oxygen atoms in total. The quantitative estimate of drug-likeness (QED) is 0.371. The fourth-order valence-corrected chi connectivity index (χ4v) is 0.587. The number of hydrogen-bond acceptors (Lipinski definition) is 2. The maximum absolute atomic E-state index is 5.05. The third-order valence-corrected chi connectivity index (χ3v) is 0.955. The molecule has 0 aliphatic carbocycles. The van der Waals surface area contributed by atoms with Crippen LogP contribution in [0.5, 0.6) is 0 Å². The van der Waals surface area contributed by atoms with Crippen LogP contribution in [0.15, 0.2) is 18.3 Å². The van der Waals surface area contributed by atoms with Crippen molar-refractivity contribution in [2.24, 2.45) is 5.84 Å². The van der Waals surface area contributed by atoms with E-state index in [4.69, 9.17) is 5.84 Å². The van der Waals surface area contributed by atoms with Gasteiger partial charge < -0.3 is 4.98 Å². The van der Waals surface area contributed by atoms with E-state index in [1.165, 1.54) is 0 Å². The Hall–Kier alpha value is -0.800. The molecule has 0 radical (unpaired) electrons. The van der Waals surface area contributed by atoms with Crippen molar-refractivity contribution < 1.29 is 0 Å². The summed E-state index contributed by atoms with van der Waals surface area (Å²) in [4.78, 5) is 3.00. The van der Waals surface area contributed by atoms with Crippen molar-refractivity contribution in [3.8, 4) is 0 Å². The van der Waals surface area contributed by atoms with Gasteiger partial charge in [0.1, 0.15) is 0 Å². The van der Waals surface area contributed by atoms with Gasteiger partial charge in [-0.3, -0.25) is 11.3 Å². The highest BCUT2D eigenvalue weighted by molar-refractivity contribution is 5.02. The van der Waals surface area contributed by atoms with E-state index in [2.05, 4.69) is 10.4 Å². The number of hydrazine groups is 1. The van der Waals surface area contributed by atoms with Crippen molar-refractivity contribution >= 4 is 0 Å². The lowest BCUT2D eigenvalue weighted by Crippen LogP contribution is -2.20. The van der Waals surface area contributed by atoms with Gasteiger partial charge >= 0.3 is 0 Å². The Labute approximate surface area is 47.9 Å². The van der Waals surface area contributed by atoms with E-state index >= 15 is 0 Å². The first-order chi connectivity index (χ1) is 3.93. The van der Waals surface area contributed by atoms with Gasteiger partial charge in [-0.25, -0.2) is 0 Å². The average Bonchev–Trinajstić information content (AvgIpc) is 2.19. The summed E-state index contributed by atoms with van der Waals surface area (Å²) in [7, 11) is 0. The van der Waals surface area contributed by atoms with Crippen LogP contribution in [0.1, 0.15) is 5.69 Å². The van der Waals surface area contributed by atoms with Crippen LogP contribution in [0, 0.1) is 0 Å². The van der Waals surface area contributed by atoms with Crippen LogP contribution in [0.3, 0.4) is 0 Å². The second kappa shape index (κ2) is 2.49. The minimum absolute atomic E-state index is 0.701. The molecule has 0 saturated carbocycles. The Morgan fingerprint density at radius 3 is 3.12 bits per heavy atom. The van der Waals surface area contributed by atoms with Crippen LogP contribution in [0.4, 0.5) is 0 Å². The zero-order valence-electron chi connectivity index (χ0n) is 4.52. The lowest BCUT2D eigenvalue weighted by atomic mass is 10.4. The summed E-state index contributed by atoms with van der Waals surface area (Å²) in [5.41, 5.74) is 3.64. The highest BCUT2D eigenvalue weighted by Crippen LogP contribution is 1.90. The maximum Gasteiger partial charge on any atom is 0.0499 e. The Balaban J connectivity index is 2.50. The van der Waals surface area contributed by atoms with Gasteiger partial charge in [-0.15, -0.1) is 0 Å². The van der Waals surface area contributed by atoms with E-state index in [-0.39, 0.29) is 0 Å².